The van der Waals surface area contributed by atoms with Gasteiger partial charge in [0, 0.05) is 25.2 Å². The summed E-state index contributed by atoms with van der Waals surface area (Å²) in [6.07, 6.45) is 3.01. The number of nitrogens with one attached hydrogen (secondary N) is 2. The molecule has 1 atom stereocenters. The maximum atomic E-state index is 13.5. The largest absolute Gasteiger partial charge is 0.353 e. The zero-order valence-electron chi connectivity index (χ0n) is 16.8. The maximum Gasteiger partial charge on any atom is 0.224 e. The minimum absolute atomic E-state index is 0.0172. The molecule has 156 valence electrons. The van der Waals surface area contributed by atoms with E-state index in [9.17, 15) is 13.6 Å². The van der Waals surface area contributed by atoms with E-state index < -0.39 is 0 Å². The van der Waals surface area contributed by atoms with Crippen molar-refractivity contribution in [2.75, 3.05) is 26.7 Å². The number of benzene rings is 2. The van der Waals surface area contributed by atoms with Crippen molar-refractivity contribution in [3.63, 3.8) is 0 Å². The van der Waals surface area contributed by atoms with E-state index in [0.717, 1.165) is 50.0 Å². The molecule has 2 aromatic rings. The molecule has 0 aliphatic carbocycles. The van der Waals surface area contributed by atoms with Gasteiger partial charge in [-0.2, -0.15) is 0 Å². The van der Waals surface area contributed by atoms with E-state index in [1.807, 2.05) is 13.1 Å². The van der Waals surface area contributed by atoms with Gasteiger partial charge in [0.25, 0.3) is 0 Å². The van der Waals surface area contributed by atoms with E-state index >= 15 is 0 Å². The van der Waals surface area contributed by atoms with Gasteiger partial charge < -0.3 is 15.5 Å². The van der Waals surface area contributed by atoms with Gasteiger partial charge in [0.05, 0.1) is 6.42 Å². The molecule has 0 bridgehead atoms. The second-order valence-electron chi connectivity index (χ2n) is 7.67. The van der Waals surface area contributed by atoms with E-state index in [2.05, 4.69) is 15.5 Å². The molecule has 0 aromatic heterocycles. The van der Waals surface area contributed by atoms with Crippen molar-refractivity contribution in [1.82, 2.24) is 15.5 Å². The number of hydrogen-bond acceptors (Lipinski definition) is 3. The number of carbonyl (C=O) groups is 1. The molecule has 1 aliphatic rings. The summed E-state index contributed by atoms with van der Waals surface area (Å²) in [5, 5.41) is 6.37. The Hall–Kier alpha value is -2.31. The molecule has 1 aliphatic heterocycles. The van der Waals surface area contributed by atoms with E-state index in [1.54, 1.807) is 24.3 Å². The fraction of sp³-hybridized carbons (Fsp3) is 0.435. The normalized spacial score (nSPS) is 16.5. The third-order valence-electron chi connectivity index (χ3n) is 5.56. The second-order valence-corrected chi connectivity index (χ2v) is 7.67. The van der Waals surface area contributed by atoms with Crippen molar-refractivity contribution in [3.05, 3.63) is 71.3 Å². The Kier molecular flexibility index (Phi) is 7.72. The van der Waals surface area contributed by atoms with Gasteiger partial charge in [-0.05, 0) is 68.2 Å². The molecule has 0 spiro atoms. The predicted molar refractivity (Wildman–Crippen MR) is 111 cm³/mol. The minimum Gasteiger partial charge on any atom is -0.353 e. The molecule has 1 saturated heterocycles. The Bertz CT molecular complexity index is 789. The first-order chi connectivity index (χ1) is 14.0. The summed E-state index contributed by atoms with van der Waals surface area (Å²) < 4.78 is 26.4. The van der Waals surface area contributed by atoms with Gasteiger partial charge in [0.15, 0.2) is 0 Å². The van der Waals surface area contributed by atoms with Gasteiger partial charge >= 0.3 is 0 Å². The van der Waals surface area contributed by atoms with Crippen LogP contribution in [0.5, 0.6) is 0 Å². The Labute approximate surface area is 171 Å². The first kappa shape index (κ1) is 21.4. The number of nitrogens with zero attached hydrogens (tertiary/aromatic N) is 1. The van der Waals surface area contributed by atoms with E-state index in [4.69, 9.17) is 0 Å². The van der Waals surface area contributed by atoms with Gasteiger partial charge in [-0.15, -0.1) is 0 Å². The molecular weight excluding hydrogens is 372 g/mol. The van der Waals surface area contributed by atoms with Crippen LogP contribution in [0.15, 0.2) is 48.5 Å². The molecule has 0 radical (unpaired) electrons. The van der Waals surface area contributed by atoms with Crippen molar-refractivity contribution in [3.8, 4) is 0 Å². The van der Waals surface area contributed by atoms with Gasteiger partial charge in [-0.3, -0.25) is 4.79 Å². The first-order valence-electron chi connectivity index (χ1n) is 10.2. The van der Waals surface area contributed by atoms with Crippen LogP contribution in [0.1, 0.15) is 36.4 Å². The summed E-state index contributed by atoms with van der Waals surface area (Å²) in [4.78, 5) is 14.6. The number of carbonyl (C=O) groups excluding carboxylic acids is 1. The molecule has 1 unspecified atom stereocenters. The first-order valence-corrected chi connectivity index (χ1v) is 10.2. The highest BCUT2D eigenvalue weighted by Crippen LogP contribution is 2.19. The van der Waals surface area contributed by atoms with Crippen molar-refractivity contribution in [2.45, 2.75) is 37.8 Å². The summed E-state index contributed by atoms with van der Waals surface area (Å²) in [5.74, 6) is -0.518. The summed E-state index contributed by atoms with van der Waals surface area (Å²) >= 11 is 0. The topological polar surface area (TPSA) is 44.4 Å². The number of halogens is 2. The van der Waals surface area contributed by atoms with Crippen LogP contribution in [0.3, 0.4) is 0 Å². The van der Waals surface area contributed by atoms with Crippen LogP contribution >= 0.6 is 0 Å². The average Bonchev–Trinajstić information content (AvgIpc) is 2.71. The van der Waals surface area contributed by atoms with Crippen LogP contribution in [0.2, 0.25) is 0 Å². The SMILES string of the molecule is CNC(CCN1CCC(NC(=O)Cc2ccc(F)cc2)CC1)c1cccc(F)c1. The lowest BCUT2D eigenvalue weighted by molar-refractivity contribution is -0.121. The van der Waals surface area contributed by atoms with Gasteiger partial charge in [-0.25, -0.2) is 8.78 Å². The average molecular weight is 402 g/mol. The zero-order chi connectivity index (χ0) is 20.6. The minimum atomic E-state index is -0.292. The summed E-state index contributed by atoms with van der Waals surface area (Å²) in [5.41, 5.74) is 1.78. The van der Waals surface area contributed by atoms with Crippen LogP contribution in [0.25, 0.3) is 0 Å². The molecule has 1 fully saturated rings. The summed E-state index contributed by atoms with van der Waals surface area (Å²) in [6.45, 7) is 2.79. The van der Waals surface area contributed by atoms with E-state index in [0.29, 0.717) is 0 Å². The van der Waals surface area contributed by atoms with Crippen molar-refractivity contribution in [1.29, 1.82) is 0 Å². The van der Waals surface area contributed by atoms with Crippen molar-refractivity contribution < 1.29 is 13.6 Å². The molecule has 1 amide bonds. The molecule has 3 rings (SSSR count). The monoisotopic (exact) mass is 401 g/mol. The number of rotatable bonds is 8. The highest BCUT2D eigenvalue weighted by Gasteiger charge is 2.21. The van der Waals surface area contributed by atoms with E-state index in [1.165, 1.54) is 18.2 Å². The third-order valence-corrected chi connectivity index (χ3v) is 5.56. The van der Waals surface area contributed by atoms with Crippen LogP contribution in [0, 0.1) is 11.6 Å². The predicted octanol–water partition coefficient (Wildman–Crippen LogP) is 3.44. The zero-order valence-corrected chi connectivity index (χ0v) is 16.8. The third kappa shape index (κ3) is 6.61. The molecule has 0 saturated carbocycles. The summed E-state index contributed by atoms with van der Waals surface area (Å²) in [6, 6.07) is 13.1. The molecule has 2 aromatic carbocycles. The lowest BCUT2D eigenvalue weighted by atomic mass is 10.0. The fourth-order valence-electron chi connectivity index (χ4n) is 3.88. The number of amides is 1. The van der Waals surface area contributed by atoms with Crippen molar-refractivity contribution >= 4 is 5.91 Å². The number of piperidine rings is 1. The van der Waals surface area contributed by atoms with Crippen molar-refractivity contribution in [2.24, 2.45) is 0 Å². The standard InChI is InChI=1S/C23H29F2N3O/c1-26-22(18-3-2-4-20(25)16-18)11-14-28-12-9-21(10-13-28)27-23(29)15-17-5-7-19(24)8-6-17/h2-8,16,21-22,26H,9-15H2,1H3,(H,27,29). The fourth-order valence-corrected chi connectivity index (χ4v) is 3.88. The maximum absolute atomic E-state index is 13.5. The van der Waals surface area contributed by atoms with Crippen LogP contribution in [0.4, 0.5) is 8.78 Å². The Morgan fingerprint density at radius 3 is 2.48 bits per heavy atom. The Morgan fingerprint density at radius 2 is 1.83 bits per heavy atom. The molecular formula is C23H29F2N3O. The molecule has 6 heteroatoms. The van der Waals surface area contributed by atoms with Crippen LogP contribution < -0.4 is 10.6 Å². The lowest BCUT2D eigenvalue weighted by Crippen LogP contribution is -2.45. The smallest absolute Gasteiger partial charge is 0.224 e. The highest BCUT2D eigenvalue weighted by atomic mass is 19.1. The lowest BCUT2D eigenvalue weighted by Gasteiger charge is -2.33. The number of likely N-dealkylation sites (tertiary alicyclic amines) is 1. The second kappa shape index (κ2) is 10.5. The molecule has 1 heterocycles. The molecule has 4 nitrogen and oxygen atoms in total. The van der Waals surface area contributed by atoms with Gasteiger partial charge in [0.1, 0.15) is 11.6 Å². The van der Waals surface area contributed by atoms with Crippen LogP contribution in [-0.2, 0) is 11.2 Å². The van der Waals surface area contributed by atoms with Gasteiger partial charge in [-0.1, -0.05) is 24.3 Å². The summed E-state index contributed by atoms with van der Waals surface area (Å²) in [7, 11) is 1.90. The van der Waals surface area contributed by atoms with Crippen LogP contribution in [-0.4, -0.2) is 43.5 Å². The van der Waals surface area contributed by atoms with Gasteiger partial charge in [0.2, 0.25) is 5.91 Å². The quantitative estimate of drug-likeness (QED) is 0.712. The Balaban J connectivity index is 1.39. The van der Waals surface area contributed by atoms with E-state index in [-0.39, 0.29) is 36.0 Å². The molecule has 2 N–H and O–H groups in total. The molecule has 29 heavy (non-hydrogen) atoms. The highest BCUT2D eigenvalue weighted by molar-refractivity contribution is 5.78. The Morgan fingerprint density at radius 1 is 1.10 bits per heavy atom. The number of hydrogen-bond donors (Lipinski definition) is 2.